The fourth-order valence-corrected chi connectivity index (χ4v) is 5.58. The van der Waals surface area contributed by atoms with Crippen LogP contribution in [0.1, 0.15) is 46.2 Å². The third-order valence-corrected chi connectivity index (χ3v) is 7.18. The summed E-state index contributed by atoms with van der Waals surface area (Å²) in [5, 5.41) is 0.361. The molecule has 1 atom stereocenters. The van der Waals surface area contributed by atoms with E-state index in [-0.39, 0.29) is 22.7 Å². The highest BCUT2D eigenvalue weighted by atomic mass is 16.3. The third-order valence-electron chi connectivity index (χ3n) is 7.18. The number of amides is 2. The van der Waals surface area contributed by atoms with Gasteiger partial charge in [-0.05, 0) is 42.7 Å². The van der Waals surface area contributed by atoms with Gasteiger partial charge in [0.25, 0.3) is 11.8 Å². The van der Waals surface area contributed by atoms with Crippen molar-refractivity contribution in [3.05, 3.63) is 111 Å². The van der Waals surface area contributed by atoms with Gasteiger partial charge in [0, 0.05) is 12.1 Å². The van der Waals surface area contributed by atoms with Crippen molar-refractivity contribution in [3.8, 4) is 0 Å². The van der Waals surface area contributed by atoms with Crippen molar-refractivity contribution in [2.24, 2.45) is 0 Å². The molecular formula is C29H24N2O4. The van der Waals surface area contributed by atoms with Gasteiger partial charge in [-0.1, -0.05) is 61.5 Å². The Morgan fingerprint density at radius 1 is 0.886 bits per heavy atom. The molecule has 6 rings (SSSR count). The number of para-hydroxylation sites is 2. The molecule has 0 saturated heterocycles. The van der Waals surface area contributed by atoms with Gasteiger partial charge >= 0.3 is 0 Å². The number of fused-ring (bicyclic) bond motifs is 5. The van der Waals surface area contributed by atoms with E-state index in [4.69, 9.17) is 4.42 Å². The lowest BCUT2D eigenvalue weighted by Gasteiger charge is -2.34. The summed E-state index contributed by atoms with van der Waals surface area (Å²) in [6, 6.07) is 22.2. The number of rotatable bonds is 4. The minimum atomic E-state index is -1.55. The molecule has 1 spiro atoms. The number of anilines is 1. The summed E-state index contributed by atoms with van der Waals surface area (Å²) >= 11 is 0. The molecule has 0 saturated carbocycles. The number of carbonyl (C=O) groups excluding carboxylic acids is 2. The molecule has 1 unspecified atom stereocenters. The number of benzene rings is 3. The van der Waals surface area contributed by atoms with Crippen LogP contribution in [0.4, 0.5) is 5.69 Å². The van der Waals surface area contributed by atoms with E-state index >= 15 is 0 Å². The molecule has 3 aromatic carbocycles. The van der Waals surface area contributed by atoms with Crippen LogP contribution in [-0.4, -0.2) is 23.3 Å². The number of carbonyl (C=O) groups is 2. The van der Waals surface area contributed by atoms with Crippen LogP contribution in [0.2, 0.25) is 0 Å². The topological polar surface area (TPSA) is 70.8 Å². The highest BCUT2D eigenvalue weighted by molar-refractivity contribution is 6.17. The van der Waals surface area contributed by atoms with Crippen LogP contribution >= 0.6 is 0 Å². The van der Waals surface area contributed by atoms with Gasteiger partial charge in [0.1, 0.15) is 5.58 Å². The zero-order chi connectivity index (χ0) is 24.3. The first kappa shape index (κ1) is 21.4. The van der Waals surface area contributed by atoms with E-state index in [0.29, 0.717) is 41.7 Å². The SMILES string of the molecule is CCCN1C(=O)c2oc3ccccc3c(=O)c2C12C(=O)N(Cc1ccccc1C)c1ccccc12. The fourth-order valence-electron chi connectivity index (χ4n) is 5.58. The zero-order valence-corrected chi connectivity index (χ0v) is 19.6. The van der Waals surface area contributed by atoms with Gasteiger partial charge in [-0.2, -0.15) is 0 Å². The van der Waals surface area contributed by atoms with Crippen LogP contribution in [0.5, 0.6) is 0 Å². The van der Waals surface area contributed by atoms with Crippen LogP contribution in [0.3, 0.4) is 0 Å². The Morgan fingerprint density at radius 2 is 1.60 bits per heavy atom. The molecule has 2 amide bonds. The lowest BCUT2D eigenvalue weighted by atomic mass is 9.84. The molecule has 0 radical (unpaired) electrons. The Morgan fingerprint density at radius 3 is 2.40 bits per heavy atom. The molecular weight excluding hydrogens is 440 g/mol. The molecule has 4 aromatic rings. The standard InChI is InChI=1S/C29H24N2O4/c1-3-16-31-27(33)26-24(25(32)20-12-6-9-15-23(20)35-26)29(31)21-13-7-8-14-22(21)30(28(29)34)17-19-11-5-4-10-18(19)2/h4-15H,3,16-17H2,1-2H3. The maximum Gasteiger partial charge on any atom is 0.291 e. The monoisotopic (exact) mass is 464 g/mol. The second kappa shape index (κ2) is 7.67. The fraction of sp³-hybridized carbons (Fsp3) is 0.207. The van der Waals surface area contributed by atoms with Gasteiger partial charge in [0.15, 0.2) is 11.0 Å². The predicted octanol–water partition coefficient (Wildman–Crippen LogP) is 4.76. The second-order valence-electron chi connectivity index (χ2n) is 9.13. The third kappa shape index (κ3) is 2.74. The van der Waals surface area contributed by atoms with Crippen molar-refractivity contribution in [2.75, 3.05) is 11.4 Å². The van der Waals surface area contributed by atoms with Crippen molar-refractivity contribution in [1.82, 2.24) is 4.90 Å². The van der Waals surface area contributed by atoms with E-state index in [0.717, 1.165) is 11.1 Å². The van der Waals surface area contributed by atoms with Gasteiger partial charge < -0.3 is 14.2 Å². The van der Waals surface area contributed by atoms with Gasteiger partial charge in [0.2, 0.25) is 5.76 Å². The molecule has 35 heavy (non-hydrogen) atoms. The first-order valence-electron chi connectivity index (χ1n) is 11.8. The second-order valence-corrected chi connectivity index (χ2v) is 9.13. The number of hydrogen-bond acceptors (Lipinski definition) is 4. The smallest absolute Gasteiger partial charge is 0.291 e. The summed E-state index contributed by atoms with van der Waals surface area (Å²) < 4.78 is 6.03. The zero-order valence-electron chi connectivity index (χ0n) is 19.6. The highest BCUT2D eigenvalue weighted by Crippen LogP contribution is 2.52. The molecule has 1 aromatic heterocycles. The molecule has 2 aliphatic rings. The predicted molar refractivity (Wildman–Crippen MR) is 133 cm³/mol. The summed E-state index contributed by atoms with van der Waals surface area (Å²) in [6.07, 6.45) is 0.627. The highest BCUT2D eigenvalue weighted by Gasteiger charge is 2.64. The van der Waals surface area contributed by atoms with E-state index in [1.54, 1.807) is 34.1 Å². The molecule has 0 fully saturated rings. The minimum absolute atomic E-state index is 0.0388. The molecule has 0 bridgehead atoms. The van der Waals surface area contributed by atoms with Crippen LogP contribution < -0.4 is 10.3 Å². The summed E-state index contributed by atoms with van der Waals surface area (Å²) in [5.74, 6) is -0.765. The molecule has 0 aliphatic carbocycles. The Kier molecular flexibility index (Phi) is 4.68. The van der Waals surface area contributed by atoms with Crippen molar-refractivity contribution in [3.63, 3.8) is 0 Å². The van der Waals surface area contributed by atoms with Gasteiger partial charge in [-0.25, -0.2) is 0 Å². The van der Waals surface area contributed by atoms with Crippen LogP contribution in [0.25, 0.3) is 11.0 Å². The lowest BCUT2D eigenvalue weighted by molar-refractivity contribution is -0.126. The Balaban J connectivity index is 1.66. The summed E-state index contributed by atoms with van der Waals surface area (Å²) in [4.78, 5) is 45.5. The van der Waals surface area contributed by atoms with Gasteiger partial charge in [0.05, 0.1) is 23.2 Å². The molecule has 174 valence electrons. The van der Waals surface area contributed by atoms with Crippen LogP contribution in [0, 0.1) is 6.92 Å². The van der Waals surface area contributed by atoms with Crippen LogP contribution in [0.15, 0.2) is 82.0 Å². The van der Waals surface area contributed by atoms with Crippen LogP contribution in [-0.2, 0) is 16.9 Å². The van der Waals surface area contributed by atoms with E-state index in [9.17, 15) is 14.4 Å². The molecule has 6 heteroatoms. The average molecular weight is 465 g/mol. The first-order valence-corrected chi connectivity index (χ1v) is 11.8. The van der Waals surface area contributed by atoms with E-state index in [2.05, 4.69) is 0 Å². The van der Waals surface area contributed by atoms with Gasteiger partial charge in [-0.3, -0.25) is 14.4 Å². The molecule has 3 heterocycles. The summed E-state index contributed by atoms with van der Waals surface area (Å²) in [5.41, 5.74) is 1.99. The Bertz CT molecular complexity index is 1590. The maximum atomic E-state index is 14.5. The number of nitrogens with zero attached hydrogens (tertiary/aromatic N) is 2. The van der Waals surface area contributed by atoms with Crippen molar-refractivity contribution < 1.29 is 14.0 Å². The maximum absolute atomic E-state index is 14.5. The van der Waals surface area contributed by atoms with Gasteiger partial charge in [-0.15, -0.1) is 0 Å². The van der Waals surface area contributed by atoms with Crippen molar-refractivity contribution in [2.45, 2.75) is 32.4 Å². The molecule has 6 nitrogen and oxygen atoms in total. The van der Waals surface area contributed by atoms with Crippen molar-refractivity contribution >= 4 is 28.5 Å². The average Bonchev–Trinajstić information content (AvgIpc) is 3.26. The Labute approximate surface area is 202 Å². The quantitative estimate of drug-likeness (QED) is 0.437. The summed E-state index contributed by atoms with van der Waals surface area (Å²) in [6.45, 7) is 4.62. The molecule has 0 N–H and O–H groups in total. The largest absolute Gasteiger partial charge is 0.450 e. The lowest BCUT2D eigenvalue weighted by Crippen LogP contribution is -2.53. The van der Waals surface area contributed by atoms with E-state index in [1.807, 2.05) is 62.4 Å². The van der Waals surface area contributed by atoms with E-state index < -0.39 is 11.4 Å². The molecule has 2 aliphatic heterocycles. The normalized spacial score (nSPS) is 18.6. The minimum Gasteiger partial charge on any atom is -0.450 e. The van der Waals surface area contributed by atoms with Crippen molar-refractivity contribution in [1.29, 1.82) is 0 Å². The number of aryl methyl sites for hydroxylation is 1. The van der Waals surface area contributed by atoms with E-state index in [1.165, 1.54) is 0 Å². The first-order chi connectivity index (χ1) is 17.0. The summed E-state index contributed by atoms with van der Waals surface area (Å²) in [7, 11) is 0. The Hall–Kier alpha value is -4.19. The number of hydrogen-bond donors (Lipinski definition) is 0.